The van der Waals surface area contributed by atoms with Crippen molar-refractivity contribution in [1.29, 1.82) is 0 Å². The van der Waals surface area contributed by atoms with E-state index in [9.17, 15) is 4.79 Å². The third kappa shape index (κ3) is 4.71. The number of nitrogens with zero attached hydrogens (tertiary/aromatic N) is 5. The highest BCUT2D eigenvalue weighted by atomic mass is 35.5. The van der Waals surface area contributed by atoms with Gasteiger partial charge >= 0.3 is 0 Å². The number of halogens is 1. The molecule has 0 aliphatic carbocycles. The molecule has 6 nitrogen and oxygen atoms in total. The van der Waals surface area contributed by atoms with Gasteiger partial charge in [0.2, 0.25) is 0 Å². The smallest absolute Gasteiger partial charge is 0.280 e. The molecule has 2 aromatic heterocycles. The molecule has 3 aromatic rings. The minimum Gasteiger partial charge on any atom is -0.309 e. The van der Waals surface area contributed by atoms with Crippen molar-refractivity contribution in [3.05, 3.63) is 40.7 Å². The van der Waals surface area contributed by atoms with Crippen LogP contribution in [0.3, 0.4) is 0 Å². The van der Waals surface area contributed by atoms with E-state index in [1.807, 2.05) is 34.3 Å². The molecule has 0 unspecified atom stereocenters. The second kappa shape index (κ2) is 9.03. The van der Waals surface area contributed by atoms with Gasteiger partial charge < -0.3 is 4.90 Å². The normalized spacial score (nSPS) is 11.1. The van der Waals surface area contributed by atoms with Crippen molar-refractivity contribution < 1.29 is 4.79 Å². The van der Waals surface area contributed by atoms with E-state index in [0.717, 1.165) is 39.4 Å². The number of rotatable bonds is 6. The molecular formula is C20H28ClN5OS. The molecule has 8 heteroatoms. The van der Waals surface area contributed by atoms with Crippen molar-refractivity contribution in [2.24, 2.45) is 7.05 Å². The maximum Gasteiger partial charge on any atom is 0.280 e. The van der Waals surface area contributed by atoms with Crippen LogP contribution in [0.4, 0.5) is 5.13 Å². The lowest BCUT2D eigenvalue weighted by molar-refractivity contribution is 0.0980. The highest BCUT2D eigenvalue weighted by Gasteiger charge is 2.25. The van der Waals surface area contributed by atoms with Crippen LogP contribution in [0.25, 0.3) is 10.2 Å². The fraction of sp³-hybridized carbons (Fsp3) is 0.450. The molecule has 0 fully saturated rings. The average molecular weight is 422 g/mol. The fourth-order valence-corrected chi connectivity index (χ4v) is 4.42. The largest absolute Gasteiger partial charge is 0.309 e. The predicted octanol–water partition coefficient (Wildman–Crippen LogP) is 3.98. The lowest BCUT2D eigenvalue weighted by atomic mass is 10.1. The molecule has 0 N–H and O–H groups in total. The van der Waals surface area contributed by atoms with Crippen LogP contribution >= 0.6 is 23.7 Å². The first kappa shape index (κ1) is 22.3. The van der Waals surface area contributed by atoms with E-state index in [-0.39, 0.29) is 18.3 Å². The number of thiazole rings is 1. The van der Waals surface area contributed by atoms with Crippen LogP contribution in [0.1, 0.15) is 33.6 Å². The van der Waals surface area contributed by atoms with Gasteiger partial charge in [-0.15, -0.1) is 12.4 Å². The standard InChI is InChI=1S/C20H27N5OS.ClH/c1-13-10-14(2)17-16(11-13)27-20(21-17)25(9-7-8-23(4)5)19(26)18-15(3)12-24(6)22-18;/h10-12H,7-9H2,1-6H3;1H. The van der Waals surface area contributed by atoms with Gasteiger partial charge in [-0.25, -0.2) is 4.98 Å². The zero-order valence-electron chi connectivity index (χ0n) is 17.3. The Morgan fingerprint density at radius 2 is 1.86 bits per heavy atom. The number of hydrogen-bond acceptors (Lipinski definition) is 5. The molecule has 0 aliphatic rings. The summed E-state index contributed by atoms with van der Waals surface area (Å²) in [5, 5.41) is 5.12. The fourth-order valence-electron chi connectivity index (χ4n) is 3.25. The number of aromatic nitrogens is 3. The molecule has 0 bridgehead atoms. The summed E-state index contributed by atoms with van der Waals surface area (Å²) in [7, 11) is 5.92. The Hall–Kier alpha value is -1.96. The Kier molecular flexibility index (Phi) is 7.20. The van der Waals surface area contributed by atoms with E-state index < -0.39 is 0 Å². The topological polar surface area (TPSA) is 54.3 Å². The van der Waals surface area contributed by atoms with Crippen molar-refractivity contribution in [3.63, 3.8) is 0 Å². The molecule has 0 aliphatic heterocycles. The van der Waals surface area contributed by atoms with Gasteiger partial charge in [-0.1, -0.05) is 17.4 Å². The summed E-state index contributed by atoms with van der Waals surface area (Å²) in [6, 6.07) is 4.27. The Balaban J connectivity index is 0.00000280. The highest BCUT2D eigenvalue weighted by molar-refractivity contribution is 7.22. The van der Waals surface area contributed by atoms with E-state index in [0.29, 0.717) is 12.2 Å². The van der Waals surface area contributed by atoms with E-state index >= 15 is 0 Å². The monoisotopic (exact) mass is 421 g/mol. The number of benzene rings is 1. The number of anilines is 1. The van der Waals surface area contributed by atoms with Gasteiger partial charge in [0, 0.05) is 25.4 Å². The van der Waals surface area contributed by atoms with Gasteiger partial charge in [0.05, 0.1) is 10.2 Å². The molecule has 3 rings (SSSR count). The van der Waals surface area contributed by atoms with Crippen LogP contribution in [0, 0.1) is 20.8 Å². The first-order valence-corrected chi connectivity index (χ1v) is 9.92. The number of hydrogen-bond donors (Lipinski definition) is 0. The van der Waals surface area contributed by atoms with Gasteiger partial charge in [-0.2, -0.15) is 5.10 Å². The molecule has 1 aromatic carbocycles. The van der Waals surface area contributed by atoms with Gasteiger partial charge in [0.25, 0.3) is 5.91 Å². The van der Waals surface area contributed by atoms with Crippen LogP contribution in [0.2, 0.25) is 0 Å². The predicted molar refractivity (Wildman–Crippen MR) is 119 cm³/mol. The molecule has 1 amide bonds. The van der Waals surface area contributed by atoms with Crippen molar-refractivity contribution in [3.8, 4) is 0 Å². The minimum atomic E-state index is -0.0831. The van der Waals surface area contributed by atoms with Crippen LogP contribution in [-0.2, 0) is 7.05 Å². The lowest BCUT2D eigenvalue weighted by Crippen LogP contribution is -2.34. The molecule has 152 valence electrons. The SMILES string of the molecule is Cc1cc(C)c2nc(N(CCCN(C)C)C(=O)c3nn(C)cc3C)sc2c1.Cl. The quantitative estimate of drug-likeness (QED) is 0.604. The van der Waals surface area contributed by atoms with Crippen LogP contribution < -0.4 is 4.90 Å². The van der Waals surface area contributed by atoms with Crippen molar-refractivity contribution in [2.75, 3.05) is 32.1 Å². The number of aryl methyl sites for hydroxylation is 4. The summed E-state index contributed by atoms with van der Waals surface area (Å²) in [6.45, 7) is 7.60. The maximum absolute atomic E-state index is 13.3. The Labute approximate surface area is 176 Å². The maximum atomic E-state index is 13.3. The van der Waals surface area contributed by atoms with Gasteiger partial charge in [-0.3, -0.25) is 14.4 Å². The summed E-state index contributed by atoms with van der Waals surface area (Å²) in [6.07, 6.45) is 2.75. The number of fused-ring (bicyclic) bond motifs is 1. The average Bonchev–Trinajstić information content (AvgIpc) is 3.13. The number of carbonyl (C=O) groups excluding carboxylic acids is 1. The van der Waals surface area contributed by atoms with Crippen molar-refractivity contribution in [1.82, 2.24) is 19.7 Å². The molecule has 2 heterocycles. The first-order valence-electron chi connectivity index (χ1n) is 9.11. The van der Waals surface area contributed by atoms with Gasteiger partial charge in [0.1, 0.15) is 0 Å². The zero-order valence-corrected chi connectivity index (χ0v) is 18.9. The lowest BCUT2D eigenvalue weighted by Gasteiger charge is -2.20. The number of carbonyl (C=O) groups is 1. The van der Waals surface area contributed by atoms with Crippen molar-refractivity contribution in [2.45, 2.75) is 27.2 Å². The number of amides is 1. The second-order valence-electron chi connectivity index (χ2n) is 7.37. The Morgan fingerprint density at radius 1 is 1.14 bits per heavy atom. The molecular weight excluding hydrogens is 394 g/mol. The summed E-state index contributed by atoms with van der Waals surface area (Å²) in [4.78, 5) is 22.0. The van der Waals surface area contributed by atoms with E-state index in [1.54, 1.807) is 20.9 Å². The molecule has 0 atom stereocenters. The summed E-state index contributed by atoms with van der Waals surface area (Å²) >= 11 is 1.57. The van der Waals surface area contributed by atoms with Gasteiger partial charge in [-0.05, 0) is 65.0 Å². The van der Waals surface area contributed by atoms with Crippen molar-refractivity contribution >= 4 is 45.0 Å². The van der Waals surface area contributed by atoms with Gasteiger partial charge in [0.15, 0.2) is 10.8 Å². The molecule has 0 saturated heterocycles. The Bertz CT molecular complexity index is 979. The molecule has 28 heavy (non-hydrogen) atoms. The first-order chi connectivity index (χ1) is 12.8. The summed E-state index contributed by atoms with van der Waals surface area (Å²) < 4.78 is 2.80. The molecule has 0 radical (unpaired) electrons. The second-order valence-corrected chi connectivity index (χ2v) is 8.38. The molecule has 0 spiro atoms. The van der Waals surface area contributed by atoms with E-state index in [4.69, 9.17) is 4.98 Å². The summed E-state index contributed by atoms with van der Waals surface area (Å²) in [5.74, 6) is -0.0831. The third-order valence-electron chi connectivity index (χ3n) is 4.50. The van der Waals surface area contributed by atoms with E-state index in [2.05, 4.69) is 36.0 Å². The zero-order chi connectivity index (χ0) is 19.7. The van der Waals surface area contributed by atoms with Crippen LogP contribution in [0.5, 0.6) is 0 Å². The van der Waals surface area contributed by atoms with E-state index in [1.165, 1.54) is 5.56 Å². The Morgan fingerprint density at radius 3 is 2.46 bits per heavy atom. The van der Waals surface area contributed by atoms with Crippen LogP contribution in [-0.4, -0.2) is 52.8 Å². The molecule has 0 saturated carbocycles. The third-order valence-corrected chi connectivity index (χ3v) is 5.52. The summed E-state index contributed by atoms with van der Waals surface area (Å²) in [5.41, 5.74) is 4.70. The minimum absolute atomic E-state index is 0. The highest BCUT2D eigenvalue weighted by Crippen LogP contribution is 2.32. The van der Waals surface area contributed by atoms with Crippen LogP contribution in [0.15, 0.2) is 18.3 Å².